The molecule has 2 N–H and O–H groups in total. The van der Waals surface area contributed by atoms with Crippen LogP contribution in [0.5, 0.6) is 0 Å². The highest BCUT2D eigenvalue weighted by Crippen LogP contribution is 2.44. The number of hydrogen-bond donors (Lipinski definition) is 2. The summed E-state index contributed by atoms with van der Waals surface area (Å²) < 4.78 is 0. The van der Waals surface area contributed by atoms with E-state index >= 15 is 0 Å². The summed E-state index contributed by atoms with van der Waals surface area (Å²) in [5.74, 6) is -0.580. The molecule has 2 aliphatic rings. The fraction of sp³-hybridized carbons (Fsp3) is 0.733. The van der Waals surface area contributed by atoms with Crippen molar-refractivity contribution in [1.82, 2.24) is 0 Å². The summed E-state index contributed by atoms with van der Waals surface area (Å²) in [5.41, 5.74) is 0.0590. The maximum Gasteiger partial charge on any atom is 0.331 e. The molecule has 106 valence electrons. The summed E-state index contributed by atoms with van der Waals surface area (Å²) in [6, 6.07) is 0. The van der Waals surface area contributed by atoms with E-state index in [-0.39, 0.29) is 17.9 Å². The summed E-state index contributed by atoms with van der Waals surface area (Å²) >= 11 is 0. The van der Waals surface area contributed by atoms with Gasteiger partial charge in [0.25, 0.3) is 0 Å². The second-order valence-electron chi connectivity index (χ2n) is 5.87. The van der Waals surface area contributed by atoms with Crippen molar-refractivity contribution in [1.29, 1.82) is 0 Å². The van der Waals surface area contributed by atoms with Crippen LogP contribution in [0, 0.1) is 17.8 Å². The van der Waals surface area contributed by atoms with Gasteiger partial charge in [-0.05, 0) is 30.6 Å². The molecule has 0 aromatic carbocycles. The third-order valence-corrected chi connectivity index (χ3v) is 4.66. The molecule has 2 saturated carbocycles. The molecule has 0 saturated heterocycles. The van der Waals surface area contributed by atoms with Gasteiger partial charge in [-0.3, -0.25) is 4.79 Å². The normalized spacial score (nSPS) is 31.6. The molecule has 0 aromatic rings. The number of allylic oxidation sites excluding steroid dienone is 1. The van der Waals surface area contributed by atoms with Crippen molar-refractivity contribution in [2.24, 2.45) is 17.8 Å². The second kappa shape index (κ2) is 6.22. The molecule has 4 heteroatoms. The van der Waals surface area contributed by atoms with Crippen molar-refractivity contribution in [3.05, 3.63) is 11.6 Å². The molecule has 2 rings (SSSR count). The van der Waals surface area contributed by atoms with Crippen LogP contribution in [-0.2, 0) is 9.59 Å². The van der Waals surface area contributed by atoms with Gasteiger partial charge in [0.05, 0.1) is 6.42 Å². The van der Waals surface area contributed by atoms with E-state index in [0.29, 0.717) is 5.92 Å². The SMILES string of the molecule is O=C(O)CC(=CC1CCCC2CCCCC12)C(=O)O. The molecule has 0 spiro atoms. The number of carboxylic acids is 2. The van der Waals surface area contributed by atoms with E-state index in [2.05, 4.69) is 0 Å². The lowest BCUT2D eigenvalue weighted by Gasteiger charge is -2.40. The predicted molar refractivity (Wildman–Crippen MR) is 70.8 cm³/mol. The molecule has 19 heavy (non-hydrogen) atoms. The Hall–Kier alpha value is -1.32. The molecule has 2 fully saturated rings. The molecule has 0 radical (unpaired) electrons. The predicted octanol–water partition coefficient (Wildman–Crippen LogP) is 3.08. The van der Waals surface area contributed by atoms with Crippen molar-refractivity contribution >= 4 is 11.9 Å². The highest BCUT2D eigenvalue weighted by molar-refractivity contribution is 5.92. The smallest absolute Gasteiger partial charge is 0.331 e. The van der Waals surface area contributed by atoms with Crippen LogP contribution < -0.4 is 0 Å². The molecule has 0 bridgehead atoms. The fourth-order valence-electron chi connectivity index (χ4n) is 3.82. The number of aliphatic carboxylic acids is 2. The number of hydrogen-bond acceptors (Lipinski definition) is 2. The average Bonchev–Trinajstić information content (AvgIpc) is 2.37. The van der Waals surface area contributed by atoms with Crippen LogP contribution in [0.2, 0.25) is 0 Å². The lowest BCUT2D eigenvalue weighted by molar-refractivity contribution is -0.139. The molecular formula is C15H22O4. The molecular weight excluding hydrogens is 244 g/mol. The van der Waals surface area contributed by atoms with Gasteiger partial charge >= 0.3 is 11.9 Å². The first-order chi connectivity index (χ1) is 9.08. The van der Waals surface area contributed by atoms with Gasteiger partial charge in [0.1, 0.15) is 0 Å². The third kappa shape index (κ3) is 3.58. The molecule has 3 atom stereocenters. The molecule has 2 aliphatic carbocycles. The maximum atomic E-state index is 11.1. The van der Waals surface area contributed by atoms with Gasteiger partial charge in [0.15, 0.2) is 0 Å². The minimum Gasteiger partial charge on any atom is -0.481 e. The van der Waals surface area contributed by atoms with Crippen molar-refractivity contribution in [3.8, 4) is 0 Å². The number of fused-ring (bicyclic) bond motifs is 1. The van der Waals surface area contributed by atoms with E-state index < -0.39 is 11.9 Å². The Balaban J connectivity index is 2.13. The van der Waals surface area contributed by atoms with Gasteiger partial charge in [-0.25, -0.2) is 4.79 Å². The molecule has 0 amide bonds. The van der Waals surface area contributed by atoms with E-state index in [1.165, 1.54) is 32.1 Å². The van der Waals surface area contributed by atoms with Crippen molar-refractivity contribution < 1.29 is 19.8 Å². The summed E-state index contributed by atoms with van der Waals surface area (Å²) in [5, 5.41) is 17.9. The summed E-state index contributed by atoms with van der Waals surface area (Å²) in [4.78, 5) is 21.9. The van der Waals surface area contributed by atoms with E-state index in [1.807, 2.05) is 0 Å². The molecule has 0 aliphatic heterocycles. The zero-order chi connectivity index (χ0) is 13.8. The summed E-state index contributed by atoms with van der Waals surface area (Å²) in [6.07, 6.45) is 9.74. The van der Waals surface area contributed by atoms with Crippen LogP contribution in [0.1, 0.15) is 51.4 Å². The van der Waals surface area contributed by atoms with Crippen LogP contribution in [0.4, 0.5) is 0 Å². The quantitative estimate of drug-likeness (QED) is 0.767. The Morgan fingerprint density at radius 1 is 1.00 bits per heavy atom. The molecule has 0 aromatic heterocycles. The Morgan fingerprint density at radius 3 is 2.37 bits per heavy atom. The van der Waals surface area contributed by atoms with Gasteiger partial charge in [-0.2, -0.15) is 0 Å². The van der Waals surface area contributed by atoms with E-state index in [4.69, 9.17) is 10.2 Å². The van der Waals surface area contributed by atoms with Crippen molar-refractivity contribution in [3.63, 3.8) is 0 Å². The van der Waals surface area contributed by atoms with Crippen LogP contribution >= 0.6 is 0 Å². The molecule has 3 unspecified atom stereocenters. The summed E-state index contributed by atoms with van der Waals surface area (Å²) in [6.45, 7) is 0. The van der Waals surface area contributed by atoms with Crippen LogP contribution in [0.3, 0.4) is 0 Å². The van der Waals surface area contributed by atoms with Gasteiger partial charge in [0.2, 0.25) is 0 Å². The number of rotatable bonds is 4. The largest absolute Gasteiger partial charge is 0.481 e. The third-order valence-electron chi connectivity index (χ3n) is 4.66. The van der Waals surface area contributed by atoms with Gasteiger partial charge in [-0.15, -0.1) is 0 Å². The number of carbonyl (C=O) groups is 2. The standard InChI is InChI=1S/C15H22O4/c16-14(17)9-12(15(18)19)8-11-6-3-5-10-4-1-2-7-13(10)11/h8,10-11,13H,1-7,9H2,(H,16,17)(H,18,19). The Labute approximate surface area is 113 Å². The highest BCUT2D eigenvalue weighted by Gasteiger charge is 2.34. The van der Waals surface area contributed by atoms with Crippen molar-refractivity contribution in [2.45, 2.75) is 51.4 Å². The lowest BCUT2D eigenvalue weighted by Crippen LogP contribution is -2.30. The van der Waals surface area contributed by atoms with Crippen LogP contribution in [-0.4, -0.2) is 22.2 Å². The average molecular weight is 266 g/mol. The van der Waals surface area contributed by atoms with Gasteiger partial charge in [0, 0.05) is 5.57 Å². The Kier molecular flexibility index (Phi) is 4.61. The first kappa shape index (κ1) is 14.1. The van der Waals surface area contributed by atoms with E-state index in [9.17, 15) is 9.59 Å². The van der Waals surface area contributed by atoms with Crippen LogP contribution in [0.15, 0.2) is 11.6 Å². The maximum absolute atomic E-state index is 11.1. The monoisotopic (exact) mass is 266 g/mol. The lowest BCUT2D eigenvalue weighted by atomic mass is 9.65. The molecule has 4 nitrogen and oxygen atoms in total. The zero-order valence-electron chi connectivity index (χ0n) is 11.2. The topological polar surface area (TPSA) is 74.6 Å². The van der Waals surface area contributed by atoms with Gasteiger partial charge < -0.3 is 10.2 Å². The Bertz CT molecular complexity index is 384. The first-order valence-electron chi connectivity index (χ1n) is 7.23. The minimum atomic E-state index is -1.08. The van der Waals surface area contributed by atoms with Crippen molar-refractivity contribution in [2.75, 3.05) is 0 Å². The summed E-state index contributed by atoms with van der Waals surface area (Å²) in [7, 11) is 0. The second-order valence-corrected chi connectivity index (χ2v) is 5.87. The van der Waals surface area contributed by atoms with E-state index in [0.717, 1.165) is 18.8 Å². The Morgan fingerprint density at radius 2 is 1.68 bits per heavy atom. The van der Waals surface area contributed by atoms with Crippen LogP contribution in [0.25, 0.3) is 0 Å². The minimum absolute atomic E-state index is 0.0590. The number of carboxylic acid groups (broad SMARTS) is 2. The fourth-order valence-corrected chi connectivity index (χ4v) is 3.82. The molecule has 0 heterocycles. The van der Waals surface area contributed by atoms with Gasteiger partial charge in [-0.1, -0.05) is 38.2 Å². The highest BCUT2D eigenvalue weighted by atomic mass is 16.4. The van der Waals surface area contributed by atoms with E-state index in [1.54, 1.807) is 6.08 Å². The zero-order valence-corrected chi connectivity index (χ0v) is 11.2. The first-order valence-corrected chi connectivity index (χ1v) is 7.23.